The number of aryl methyl sites for hydroxylation is 2. The molecule has 0 spiro atoms. The minimum Gasteiger partial charge on any atom is -0.496 e. The van der Waals surface area contributed by atoms with Crippen LogP contribution in [0, 0.1) is 6.92 Å². The molecule has 0 fully saturated rings. The fourth-order valence-corrected chi connectivity index (χ4v) is 3.19. The summed E-state index contributed by atoms with van der Waals surface area (Å²) in [5.74, 6) is 0.912. The number of hydrogen-bond donors (Lipinski definition) is 1. The molecule has 3 aromatic rings. The molecule has 0 bridgehead atoms. The summed E-state index contributed by atoms with van der Waals surface area (Å²) in [7, 11) is 1.70. The van der Waals surface area contributed by atoms with Gasteiger partial charge in [-0.05, 0) is 55.1 Å². The van der Waals surface area contributed by atoms with Crippen LogP contribution in [0.5, 0.6) is 5.75 Å². The standard InChI is InChI=1S/C22H25NO3/c1-4-16-6-7-19-18(13-22(24)26-21(19)12-16)14-23-10-9-17-11-15(2)5-8-20(17)25-3/h5-8,11-13,23H,4,9-10,14H2,1-3H3. The molecular formula is C22H25NO3. The fraction of sp³-hybridized carbons (Fsp3) is 0.318. The second kappa shape index (κ2) is 8.19. The van der Waals surface area contributed by atoms with Crippen molar-refractivity contribution in [2.45, 2.75) is 33.2 Å². The number of ether oxygens (including phenoxy) is 1. The molecule has 3 rings (SSSR count). The smallest absolute Gasteiger partial charge is 0.336 e. The molecule has 0 aliphatic rings. The molecule has 1 N–H and O–H groups in total. The predicted molar refractivity (Wildman–Crippen MR) is 105 cm³/mol. The van der Waals surface area contributed by atoms with Crippen molar-refractivity contribution < 1.29 is 9.15 Å². The molecule has 2 aromatic carbocycles. The van der Waals surface area contributed by atoms with Crippen molar-refractivity contribution in [3.63, 3.8) is 0 Å². The quantitative estimate of drug-likeness (QED) is 0.516. The van der Waals surface area contributed by atoms with Gasteiger partial charge in [-0.1, -0.05) is 36.8 Å². The van der Waals surface area contributed by atoms with Gasteiger partial charge in [-0.3, -0.25) is 0 Å². The van der Waals surface area contributed by atoms with E-state index in [4.69, 9.17) is 9.15 Å². The van der Waals surface area contributed by atoms with Crippen LogP contribution in [-0.4, -0.2) is 13.7 Å². The van der Waals surface area contributed by atoms with Gasteiger partial charge in [0.05, 0.1) is 7.11 Å². The lowest BCUT2D eigenvalue weighted by molar-refractivity contribution is 0.409. The summed E-state index contributed by atoms with van der Waals surface area (Å²) in [5.41, 5.74) is 4.90. The number of hydrogen-bond acceptors (Lipinski definition) is 4. The largest absolute Gasteiger partial charge is 0.496 e. The van der Waals surface area contributed by atoms with Crippen LogP contribution in [0.4, 0.5) is 0 Å². The Bertz CT molecular complexity index is 959. The van der Waals surface area contributed by atoms with Crippen LogP contribution in [0.3, 0.4) is 0 Å². The van der Waals surface area contributed by atoms with Gasteiger partial charge in [0, 0.05) is 18.0 Å². The maximum atomic E-state index is 11.9. The first kappa shape index (κ1) is 18.2. The highest BCUT2D eigenvalue weighted by Crippen LogP contribution is 2.21. The van der Waals surface area contributed by atoms with E-state index in [0.29, 0.717) is 12.1 Å². The number of fused-ring (bicyclic) bond motifs is 1. The van der Waals surface area contributed by atoms with Gasteiger partial charge in [0.1, 0.15) is 11.3 Å². The Balaban J connectivity index is 1.70. The number of nitrogens with one attached hydrogen (secondary N) is 1. The van der Waals surface area contributed by atoms with E-state index in [1.165, 1.54) is 11.1 Å². The Morgan fingerprint density at radius 3 is 2.69 bits per heavy atom. The second-order valence-electron chi connectivity index (χ2n) is 6.52. The molecule has 1 aromatic heterocycles. The first-order chi connectivity index (χ1) is 12.6. The molecule has 4 nitrogen and oxygen atoms in total. The van der Waals surface area contributed by atoms with Crippen LogP contribution in [0.2, 0.25) is 0 Å². The average molecular weight is 351 g/mol. The first-order valence-electron chi connectivity index (χ1n) is 9.00. The van der Waals surface area contributed by atoms with Gasteiger partial charge < -0.3 is 14.5 Å². The van der Waals surface area contributed by atoms with E-state index < -0.39 is 0 Å². The maximum absolute atomic E-state index is 11.9. The lowest BCUT2D eigenvalue weighted by atomic mass is 10.1. The van der Waals surface area contributed by atoms with Gasteiger partial charge in [0.25, 0.3) is 0 Å². The van der Waals surface area contributed by atoms with Crippen molar-refractivity contribution >= 4 is 11.0 Å². The molecule has 0 saturated heterocycles. The summed E-state index contributed by atoms with van der Waals surface area (Å²) in [6.07, 6.45) is 1.78. The Kier molecular flexibility index (Phi) is 5.74. The van der Waals surface area contributed by atoms with E-state index in [1.54, 1.807) is 13.2 Å². The molecule has 0 unspecified atom stereocenters. The zero-order valence-electron chi connectivity index (χ0n) is 15.6. The second-order valence-corrected chi connectivity index (χ2v) is 6.52. The van der Waals surface area contributed by atoms with Crippen molar-refractivity contribution in [1.82, 2.24) is 5.32 Å². The van der Waals surface area contributed by atoms with E-state index in [1.807, 2.05) is 18.2 Å². The minimum atomic E-state index is -0.303. The highest BCUT2D eigenvalue weighted by atomic mass is 16.5. The zero-order chi connectivity index (χ0) is 18.5. The maximum Gasteiger partial charge on any atom is 0.336 e. The third-order valence-electron chi connectivity index (χ3n) is 4.63. The molecule has 0 saturated carbocycles. The van der Waals surface area contributed by atoms with E-state index in [9.17, 15) is 4.79 Å². The lowest BCUT2D eigenvalue weighted by Gasteiger charge is -2.11. The molecule has 0 atom stereocenters. The van der Waals surface area contributed by atoms with Crippen LogP contribution < -0.4 is 15.7 Å². The summed E-state index contributed by atoms with van der Waals surface area (Å²) in [5, 5.41) is 4.42. The van der Waals surface area contributed by atoms with Crippen LogP contribution in [0.15, 0.2) is 51.7 Å². The summed E-state index contributed by atoms with van der Waals surface area (Å²) in [4.78, 5) is 11.9. The molecule has 0 aliphatic heterocycles. The van der Waals surface area contributed by atoms with Gasteiger partial charge in [-0.2, -0.15) is 0 Å². The molecular weight excluding hydrogens is 326 g/mol. The van der Waals surface area contributed by atoms with Gasteiger partial charge in [-0.25, -0.2) is 4.79 Å². The van der Waals surface area contributed by atoms with E-state index in [2.05, 4.69) is 37.4 Å². The number of rotatable bonds is 7. The molecule has 136 valence electrons. The van der Waals surface area contributed by atoms with Crippen LogP contribution in [0.25, 0.3) is 11.0 Å². The fourth-order valence-electron chi connectivity index (χ4n) is 3.19. The molecule has 0 aliphatic carbocycles. The molecule has 26 heavy (non-hydrogen) atoms. The van der Waals surface area contributed by atoms with Crippen molar-refractivity contribution in [3.8, 4) is 5.75 Å². The van der Waals surface area contributed by atoms with Gasteiger partial charge in [0.2, 0.25) is 0 Å². The summed E-state index contributed by atoms with van der Waals surface area (Å²) < 4.78 is 10.8. The van der Waals surface area contributed by atoms with E-state index in [0.717, 1.165) is 41.6 Å². The van der Waals surface area contributed by atoms with Gasteiger partial charge in [0.15, 0.2) is 0 Å². The SMILES string of the molecule is CCc1ccc2c(CNCCc3cc(C)ccc3OC)cc(=O)oc2c1. The summed E-state index contributed by atoms with van der Waals surface area (Å²) >= 11 is 0. The molecule has 0 amide bonds. The van der Waals surface area contributed by atoms with Crippen LogP contribution >= 0.6 is 0 Å². The normalized spacial score (nSPS) is 11.0. The van der Waals surface area contributed by atoms with Crippen molar-refractivity contribution in [2.24, 2.45) is 0 Å². The first-order valence-corrected chi connectivity index (χ1v) is 9.00. The third kappa shape index (κ3) is 4.14. The number of benzene rings is 2. The Hall–Kier alpha value is -2.59. The number of methoxy groups -OCH3 is 1. The van der Waals surface area contributed by atoms with E-state index >= 15 is 0 Å². The minimum absolute atomic E-state index is 0.303. The Morgan fingerprint density at radius 2 is 1.92 bits per heavy atom. The highest BCUT2D eigenvalue weighted by Gasteiger charge is 2.07. The third-order valence-corrected chi connectivity index (χ3v) is 4.63. The van der Waals surface area contributed by atoms with Crippen LogP contribution in [-0.2, 0) is 19.4 Å². The summed E-state index contributed by atoms with van der Waals surface area (Å²) in [6.45, 7) is 5.59. The Labute approximate surface area is 153 Å². The van der Waals surface area contributed by atoms with Crippen LogP contribution in [0.1, 0.15) is 29.2 Å². The molecule has 4 heteroatoms. The Morgan fingerprint density at radius 1 is 1.08 bits per heavy atom. The van der Waals surface area contributed by atoms with Crippen molar-refractivity contribution in [3.05, 3.63) is 75.1 Å². The van der Waals surface area contributed by atoms with Gasteiger partial charge >= 0.3 is 5.63 Å². The molecule has 1 heterocycles. The topological polar surface area (TPSA) is 51.5 Å². The monoisotopic (exact) mass is 351 g/mol. The predicted octanol–water partition coefficient (Wildman–Crippen LogP) is 4.00. The zero-order valence-corrected chi connectivity index (χ0v) is 15.6. The lowest BCUT2D eigenvalue weighted by Crippen LogP contribution is -2.18. The van der Waals surface area contributed by atoms with E-state index in [-0.39, 0.29) is 5.63 Å². The van der Waals surface area contributed by atoms with Gasteiger partial charge in [-0.15, -0.1) is 0 Å². The highest BCUT2D eigenvalue weighted by molar-refractivity contribution is 5.80. The molecule has 0 radical (unpaired) electrons. The van der Waals surface area contributed by atoms with Crippen molar-refractivity contribution in [1.29, 1.82) is 0 Å². The summed E-state index contributed by atoms with van der Waals surface area (Å²) in [6, 6.07) is 13.9. The van der Waals surface area contributed by atoms with Crippen molar-refractivity contribution in [2.75, 3.05) is 13.7 Å². The average Bonchev–Trinajstić information content (AvgIpc) is 2.64.